The molecule has 39 heavy (non-hydrogen) atoms. The van der Waals surface area contributed by atoms with Gasteiger partial charge in [0.1, 0.15) is 5.75 Å². The lowest BCUT2D eigenvalue weighted by molar-refractivity contribution is -0.118. The molecule has 0 bridgehead atoms. The number of methoxy groups -OCH3 is 2. The first-order chi connectivity index (χ1) is 18.1. The molecule has 3 rings (SSSR count). The number of anilines is 2. The van der Waals surface area contributed by atoms with E-state index in [-0.39, 0.29) is 45.9 Å². The number of ether oxygens (including phenoxy) is 3. The highest BCUT2D eigenvalue weighted by Gasteiger charge is 2.23. The number of rotatable bonds is 9. The summed E-state index contributed by atoms with van der Waals surface area (Å²) in [5.41, 5.74) is 2.44. The molecule has 3 aromatic rings. The van der Waals surface area contributed by atoms with Crippen LogP contribution < -0.4 is 24.2 Å². The van der Waals surface area contributed by atoms with E-state index in [1.165, 1.54) is 50.1 Å². The van der Waals surface area contributed by atoms with E-state index in [0.29, 0.717) is 11.4 Å². The van der Waals surface area contributed by atoms with Gasteiger partial charge in [-0.2, -0.15) is 9.97 Å². The summed E-state index contributed by atoms with van der Waals surface area (Å²) in [6, 6.07) is 13.1. The zero-order valence-corrected chi connectivity index (χ0v) is 24.4. The van der Waals surface area contributed by atoms with E-state index in [2.05, 4.69) is 67.6 Å². The molecule has 210 valence electrons. The summed E-state index contributed by atoms with van der Waals surface area (Å²) >= 11 is 0. The van der Waals surface area contributed by atoms with Crippen LogP contribution in [0, 0.1) is 0 Å². The van der Waals surface area contributed by atoms with Crippen molar-refractivity contribution in [3.63, 3.8) is 0 Å². The van der Waals surface area contributed by atoms with Gasteiger partial charge in [-0.1, -0.05) is 53.7 Å². The highest BCUT2D eigenvalue weighted by atomic mass is 32.2. The number of carbonyl (C=O) groups is 1. The maximum absolute atomic E-state index is 12.8. The van der Waals surface area contributed by atoms with Crippen molar-refractivity contribution in [3.8, 4) is 17.6 Å². The lowest BCUT2D eigenvalue weighted by Gasteiger charge is -2.27. The molecule has 1 aromatic heterocycles. The molecule has 10 nitrogen and oxygen atoms in total. The SMILES string of the molecule is COc1cc(NS(=O)(=O)c2ccc(NC(=O)COc3ccc(C(C)(C)C)cc3C(C)(C)C)cc2)nc(OC)n1. The van der Waals surface area contributed by atoms with Crippen LogP contribution in [-0.2, 0) is 25.6 Å². The fraction of sp³-hybridized carbons (Fsp3) is 0.393. The molecule has 2 N–H and O–H groups in total. The third kappa shape index (κ3) is 7.82. The standard InChI is InChI=1S/C28H36N4O6S/c1-27(2,3)18-9-14-22(21(15-18)28(4,5)6)38-17-24(33)29-19-10-12-20(13-11-19)39(34,35)32-23-16-25(36-7)31-26(30-23)37-8/h9-16H,17H2,1-8H3,(H,29,33)(H,30,31,32). The molecule has 0 saturated carbocycles. The maximum Gasteiger partial charge on any atom is 0.321 e. The number of hydrogen-bond acceptors (Lipinski definition) is 8. The van der Waals surface area contributed by atoms with E-state index < -0.39 is 10.0 Å². The Bertz CT molecular complexity index is 1400. The second kappa shape index (κ2) is 11.5. The second-order valence-corrected chi connectivity index (χ2v) is 12.6. The molecule has 0 radical (unpaired) electrons. The molecule has 0 unspecified atom stereocenters. The fourth-order valence-electron chi connectivity index (χ4n) is 3.61. The molecule has 0 aliphatic heterocycles. The Morgan fingerprint density at radius 1 is 0.872 bits per heavy atom. The van der Waals surface area contributed by atoms with Crippen molar-refractivity contribution in [3.05, 3.63) is 59.7 Å². The van der Waals surface area contributed by atoms with Crippen LogP contribution in [0.25, 0.3) is 0 Å². The van der Waals surface area contributed by atoms with Gasteiger partial charge in [0.05, 0.1) is 19.1 Å². The van der Waals surface area contributed by atoms with Crippen molar-refractivity contribution in [1.82, 2.24) is 9.97 Å². The maximum atomic E-state index is 12.8. The molecular formula is C28H36N4O6S. The zero-order chi connectivity index (χ0) is 29.0. The van der Waals surface area contributed by atoms with Gasteiger partial charge in [0, 0.05) is 11.8 Å². The molecule has 0 atom stereocenters. The van der Waals surface area contributed by atoms with Crippen molar-refractivity contribution in [2.24, 2.45) is 0 Å². The lowest BCUT2D eigenvalue weighted by Crippen LogP contribution is -2.23. The van der Waals surface area contributed by atoms with Gasteiger partial charge in [-0.05, 0) is 52.3 Å². The van der Waals surface area contributed by atoms with Gasteiger partial charge in [0.2, 0.25) is 5.88 Å². The number of aromatic nitrogens is 2. The number of nitrogens with one attached hydrogen (secondary N) is 2. The Balaban J connectivity index is 1.67. The Labute approximate surface area is 230 Å². The molecule has 1 amide bonds. The molecule has 0 spiro atoms. The van der Waals surface area contributed by atoms with Gasteiger partial charge < -0.3 is 19.5 Å². The zero-order valence-electron chi connectivity index (χ0n) is 23.6. The summed E-state index contributed by atoms with van der Waals surface area (Å²) in [7, 11) is -1.22. The Kier molecular flexibility index (Phi) is 8.74. The second-order valence-electron chi connectivity index (χ2n) is 11.0. The van der Waals surface area contributed by atoms with E-state index in [1.54, 1.807) is 0 Å². The van der Waals surface area contributed by atoms with Crippen LogP contribution in [-0.4, -0.2) is 45.1 Å². The van der Waals surface area contributed by atoms with E-state index in [1.807, 2.05) is 12.1 Å². The minimum atomic E-state index is -3.98. The summed E-state index contributed by atoms with van der Waals surface area (Å²) in [5.74, 6) is 0.401. The van der Waals surface area contributed by atoms with Crippen molar-refractivity contribution in [2.45, 2.75) is 57.3 Å². The third-order valence-electron chi connectivity index (χ3n) is 5.77. The van der Waals surface area contributed by atoms with Crippen molar-refractivity contribution < 1.29 is 27.4 Å². The number of carbonyl (C=O) groups excluding carboxylic acids is 1. The third-order valence-corrected chi connectivity index (χ3v) is 7.14. The molecule has 0 fully saturated rings. The van der Waals surface area contributed by atoms with Gasteiger partial charge in [0.15, 0.2) is 12.4 Å². The molecule has 0 saturated heterocycles. The lowest BCUT2D eigenvalue weighted by atomic mass is 9.80. The number of nitrogens with zero attached hydrogens (tertiary/aromatic N) is 2. The summed E-state index contributed by atoms with van der Waals surface area (Å²) in [4.78, 5) is 20.5. The van der Waals surface area contributed by atoms with Gasteiger partial charge in [0.25, 0.3) is 15.9 Å². The molecule has 0 aliphatic rings. The smallest absolute Gasteiger partial charge is 0.321 e. The molecule has 1 heterocycles. The average Bonchev–Trinajstić information content (AvgIpc) is 2.86. The molecule has 0 aliphatic carbocycles. The van der Waals surface area contributed by atoms with E-state index in [9.17, 15) is 13.2 Å². The van der Waals surface area contributed by atoms with Crippen molar-refractivity contribution >= 4 is 27.4 Å². The quantitative estimate of drug-likeness (QED) is 0.381. The highest BCUT2D eigenvalue weighted by Crippen LogP contribution is 2.35. The molecule has 2 aromatic carbocycles. The Morgan fingerprint density at radius 3 is 2.10 bits per heavy atom. The number of hydrogen-bond donors (Lipinski definition) is 2. The number of benzene rings is 2. The summed E-state index contributed by atoms with van der Waals surface area (Å²) in [6.07, 6.45) is 0. The minimum Gasteiger partial charge on any atom is -0.483 e. The first kappa shape index (κ1) is 29.7. The van der Waals surface area contributed by atoms with Crippen LogP contribution in [0.15, 0.2) is 53.4 Å². The van der Waals surface area contributed by atoms with Crippen LogP contribution in [0.3, 0.4) is 0 Å². The van der Waals surface area contributed by atoms with E-state index in [0.717, 1.165) is 5.56 Å². The van der Waals surface area contributed by atoms with Crippen LogP contribution in [0.5, 0.6) is 17.6 Å². The average molecular weight is 557 g/mol. The van der Waals surface area contributed by atoms with Gasteiger partial charge in [-0.15, -0.1) is 0 Å². The summed E-state index contributed by atoms with van der Waals surface area (Å²) in [5, 5.41) is 2.73. The van der Waals surface area contributed by atoms with E-state index in [4.69, 9.17) is 14.2 Å². The van der Waals surface area contributed by atoms with Crippen LogP contribution in [0.2, 0.25) is 0 Å². The van der Waals surface area contributed by atoms with Crippen molar-refractivity contribution in [2.75, 3.05) is 30.9 Å². The van der Waals surface area contributed by atoms with Crippen LogP contribution >= 0.6 is 0 Å². The summed E-state index contributed by atoms with van der Waals surface area (Å²) in [6.45, 7) is 12.6. The largest absolute Gasteiger partial charge is 0.483 e. The predicted molar refractivity (Wildman–Crippen MR) is 150 cm³/mol. The highest BCUT2D eigenvalue weighted by molar-refractivity contribution is 7.92. The van der Waals surface area contributed by atoms with E-state index >= 15 is 0 Å². The predicted octanol–water partition coefficient (Wildman–Crippen LogP) is 4.91. The van der Waals surface area contributed by atoms with Gasteiger partial charge in [-0.25, -0.2) is 8.42 Å². The normalized spacial score (nSPS) is 12.0. The topological polar surface area (TPSA) is 129 Å². The number of amides is 1. The van der Waals surface area contributed by atoms with Gasteiger partial charge in [-0.3, -0.25) is 9.52 Å². The summed E-state index contributed by atoms with van der Waals surface area (Å²) < 4.78 is 43.9. The Hall–Kier alpha value is -3.86. The van der Waals surface area contributed by atoms with Crippen LogP contribution in [0.1, 0.15) is 52.7 Å². The molecular weight excluding hydrogens is 520 g/mol. The van der Waals surface area contributed by atoms with Gasteiger partial charge >= 0.3 is 6.01 Å². The molecule has 11 heteroatoms. The fourth-order valence-corrected chi connectivity index (χ4v) is 4.61. The number of sulfonamides is 1. The first-order valence-electron chi connectivity index (χ1n) is 12.3. The Morgan fingerprint density at radius 2 is 1.54 bits per heavy atom. The monoisotopic (exact) mass is 556 g/mol. The van der Waals surface area contributed by atoms with Crippen molar-refractivity contribution in [1.29, 1.82) is 0 Å². The minimum absolute atomic E-state index is 0.0143. The first-order valence-corrected chi connectivity index (χ1v) is 13.8. The van der Waals surface area contributed by atoms with Crippen LogP contribution in [0.4, 0.5) is 11.5 Å².